The van der Waals surface area contributed by atoms with Crippen molar-refractivity contribution < 1.29 is 0 Å². The Hall–Kier alpha value is -0.470. The van der Waals surface area contributed by atoms with Gasteiger partial charge in [-0.25, -0.2) is 0 Å². The fourth-order valence-electron chi connectivity index (χ4n) is 1.98. The van der Waals surface area contributed by atoms with E-state index in [1.54, 1.807) is 0 Å². The van der Waals surface area contributed by atoms with E-state index in [4.69, 9.17) is 5.73 Å². The van der Waals surface area contributed by atoms with Crippen molar-refractivity contribution >= 4 is 11.8 Å². The summed E-state index contributed by atoms with van der Waals surface area (Å²) in [5.41, 5.74) is 7.08. The smallest absolute Gasteiger partial charge is 0.0266 e. The first-order chi connectivity index (χ1) is 8.67. The van der Waals surface area contributed by atoms with Crippen LogP contribution >= 0.6 is 11.8 Å². The van der Waals surface area contributed by atoms with Gasteiger partial charge in [0, 0.05) is 16.7 Å². The van der Waals surface area contributed by atoms with E-state index < -0.39 is 0 Å². The Balaban J connectivity index is 2.42. The minimum atomic E-state index is 0.136. The molecule has 0 saturated heterocycles. The first-order valence-corrected chi connectivity index (χ1v) is 8.14. The number of benzene rings is 1. The van der Waals surface area contributed by atoms with Crippen molar-refractivity contribution in [2.45, 2.75) is 57.4 Å². The van der Waals surface area contributed by atoms with Crippen LogP contribution in [0.3, 0.4) is 0 Å². The molecule has 2 heteroatoms. The molecular weight excluding hydrogens is 238 g/mol. The van der Waals surface area contributed by atoms with Crippen molar-refractivity contribution in [3.05, 3.63) is 29.8 Å². The summed E-state index contributed by atoms with van der Waals surface area (Å²) < 4.78 is 0. The highest BCUT2D eigenvalue weighted by atomic mass is 32.2. The molecule has 0 aliphatic heterocycles. The molecule has 1 aromatic rings. The van der Waals surface area contributed by atoms with Gasteiger partial charge in [0.05, 0.1) is 0 Å². The summed E-state index contributed by atoms with van der Waals surface area (Å²) in [7, 11) is 0. The Labute approximate surface area is 117 Å². The molecule has 1 aromatic carbocycles. The normalized spacial score (nSPS) is 14.4. The molecule has 0 amide bonds. The minimum Gasteiger partial charge on any atom is -0.324 e. The largest absolute Gasteiger partial charge is 0.324 e. The van der Waals surface area contributed by atoms with Crippen LogP contribution in [0.5, 0.6) is 0 Å². The lowest BCUT2D eigenvalue weighted by Gasteiger charge is -2.14. The molecule has 0 fully saturated rings. The lowest BCUT2D eigenvalue weighted by Crippen LogP contribution is -2.04. The van der Waals surface area contributed by atoms with Crippen LogP contribution in [0.2, 0.25) is 0 Å². The fourth-order valence-corrected chi connectivity index (χ4v) is 3.14. The second-order valence-corrected chi connectivity index (χ2v) is 6.18. The van der Waals surface area contributed by atoms with Crippen molar-refractivity contribution in [2.75, 3.05) is 5.75 Å². The summed E-state index contributed by atoms with van der Waals surface area (Å²) in [6.45, 7) is 6.60. The topological polar surface area (TPSA) is 26.0 Å². The van der Waals surface area contributed by atoms with E-state index in [2.05, 4.69) is 38.1 Å². The molecule has 0 radical (unpaired) electrons. The number of unbranched alkanes of at least 4 members (excludes halogenated alkanes) is 1. The molecule has 1 rings (SSSR count). The molecule has 18 heavy (non-hydrogen) atoms. The first kappa shape index (κ1) is 15.6. The van der Waals surface area contributed by atoms with Crippen LogP contribution in [0.25, 0.3) is 0 Å². The third-order valence-electron chi connectivity index (χ3n) is 3.43. The Morgan fingerprint density at radius 1 is 1.17 bits per heavy atom. The Morgan fingerprint density at radius 2 is 1.83 bits per heavy atom. The van der Waals surface area contributed by atoms with Gasteiger partial charge in [-0.1, -0.05) is 45.2 Å². The highest BCUT2D eigenvalue weighted by molar-refractivity contribution is 7.99. The molecule has 0 spiro atoms. The van der Waals surface area contributed by atoms with Gasteiger partial charge in [0.1, 0.15) is 0 Å². The predicted molar refractivity (Wildman–Crippen MR) is 83.1 cm³/mol. The maximum absolute atomic E-state index is 5.86. The summed E-state index contributed by atoms with van der Waals surface area (Å²) >= 11 is 1.98. The van der Waals surface area contributed by atoms with Crippen LogP contribution in [-0.2, 0) is 0 Å². The van der Waals surface area contributed by atoms with E-state index in [1.807, 2.05) is 18.7 Å². The van der Waals surface area contributed by atoms with E-state index in [-0.39, 0.29) is 6.04 Å². The molecule has 2 atom stereocenters. The summed E-state index contributed by atoms with van der Waals surface area (Å²) in [5, 5.41) is 0. The summed E-state index contributed by atoms with van der Waals surface area (Å²) in [4.78, 5) is 1.37. The summed E-state index contributed by atoms with van der Waals surface area (Å²) in [6.07, 6.45) is 5.34. The van der Waals surface area contributed by atoms with Crippen LogP contribution in [0, 0.1) is 5.92 Å². The van der Waals surface area contributed by atoms with E-state index in [0.29, 0.717) is 0 Å². The molecule has 0 aliphatic carbocycles. The number of nitrogens with two attached hydrogens (primary N) is 1. The van der Waals surface area contributed by atoms with Gasteiger partial charge in [0.25, 0.3) is 0 Å². The number of hydrogen-bond donors (Lipinski definition) is 1. The zero-order valence-corrected chi connectivity index (χ0v) is 12.8. The van der Waals surface area contributed by atoms with Gasteiger partial charge >= 0.3 is 0 Å². The van der Waals surface area contributed by atoms with Crippen molar-refractivity contribution in [2.24, 2.45) is 11.7 Å². The van der Waals surface area contributed by atoms with Gasteiger partial charge in [-0.2, -0.15) is 0 Å². The van der Waals surface area contributed by atoms with Gasteiger partial charge in [-0.3, -0.25) is 0 Å². The second kappa shape index (κ2) is 8.60. The quantitative estimate of drug-likeness (QED) is 0.668. The molecule has 0 aromatic heterocycles. The highest BCUT2D eigenvalue weighted by Gasteiger charge is 2.07. The molecule has 102 valence electrons. The van der Waals surface area contributed by atoms with Crippen LogP contribution in [-0.4, -0.2) is 5.75 Å². The number of rotatable bonds is 8. The van der Waals surface area contributed by atoms with E-state index in [0.717, 1.165) is 5.92 Å². The Morgan fingerprint density at radius 3 is 2.33 bits per heavy atom. The lowest BCUT2D eigenvalue weighted by atomic mass is 10.0. The minimum absolute atomic E-state index is 0.136. The monoisotopic (exact) mass is 265 g/mol. The lowest BCUT2D eigenvalue weighted by molar-refractivity contribution is 0.499. The molecule has 0 aliphatic rings. The summed E-state index contributed by atoms with van der Waals surface area (Å²) in [6, 6.07) is 8.85. The molecule has 2 unspecified atom stereocenters. The molecule has 0 saturated carbocycles. The van der Waals surface area contributed by atoms with Gasteiger partial charge in [-0.05, 0) is 37.0 Å². The second-order valence-electron chi connectivity index (χ2n) is 5.09. The van der Waals surface area contributed by atoms with Crippen molar-refractivity contribution in [3.63, 3.8) is 0 Å². The third kappa shape index (κ3) is 5.45. The van der Waals surface area contributed by atoms with Gasteiger partial charge in [0.15, 0.2) is 0 Å². The van der Waals surface area contributed by atoms with Crippen molar-refractivity contribution in [3.8, 4) is 0 Å². The summed E-state index contributed by atoms with van der Waals surface area (Å²) in [5.74, 6) is 2.11. The average molecular weight is 265 g/mol. The number of hydrogen-bond acceptors (Lipinski definition) is 2. The van der Waals surface area contributed by atoms with Crippen LogP contribution in [0.1, 0.15) is 58.1 Å². The van der Waals surface area contributed by atoms with Crippen molar-refractivity contribution in [1.29, 1.82) is 0 Å². The van der Waals surface area contributed by atoms with Crippen LogP contribution in [0.4, 0.5) is 0 Å². The maximum Gasteiger partial charge on any atom is 0.0266 e. The average Bonchev–Trinajstić information content (AvgIpc) is 2.39. The molecule has 1 nitrogen and oxygen atoms in total. The van der Waals surface area contributed by atoms with E-state index >= 15 is 0 Å². The van der Waals surface area contributed by atoms with Gasteiger partial charge < -0.3 is 5.73 Å². The maximum atomic E-state index is 5.86. The van der Waals surface area contributed by atoms with Crippen LogP contribution < -0.4 is 5.73 Å². The zero-order chi connectivity index (χ0) is 13.4. The Kier molecular flexibility index (Phi) is 7.45. The molecule has 2 N–H and O–H groups in total. The fraction of sp³-hybridized carbons (Fsp3) is 0.625. The molecule has 0 heterocycles. The third-order valence-corrected chi connectivity index (χ3v) is 4.68. The van der Waals surface area contributed by atoms with E-state index in [1.165, 1.54) is 41.9 Å². The van der Waals surface area contributed by atoms with Gasteiger partial charge in [-0.15, -0.1) is 11.8 Å². The molecular formula is C16H27NS. The van der Waals surface area contributed by atoms with Gasteiger partial charge in [0.2, 0.25) is 0 Å². The zero-order valence-electron chi connectivity index (χ0n) is 12.0. The van der Waals surface area contributed by atoms with Crippen molar-refractivity contribution in [1.82, 2.24) is 0 Å². The van der Waals surface area contributed by atoms with E-state index in [9.17, 15) is 0 Å². The predicted octanol–water partition coefficient (Wildman–Crippen LogP) is 5.01. The first-order valence-electron chi connectivity index (χ1n) is 7.15. The SMILES string of the molecule is CCCCC(CC)CSc1ccc(C(C)N)cc1. The Bertz CT molecular complexity index is 318. The van der Waals surface area contributed by atoms with Crippen LogP contribution in [0.15, 0.2) is 29.2 Å². The number of thioether (sulfide) groups is 1. The highest BCUT2D eigenvalue weighted by Crippen LogP contribution is 2.25. The molecule has 0 bridgehead atoms. The standard InChI is InChI=1S/C16H27NS/c1-4-6-7-14(5-2)12-18-16-10-8-15(9-11-16)13(3)17/h8-11,13-14H,4-7,12,17H2,1-3H3.